The molecular formula is C14H12Cl2O2S2. The first-order valence-electron chi connectivity index (χ1n) is 5.82. The zero-order valence-electron chi connectivity index (χ0n) is 10.9. The normalized spacial score (nSPS) is 12.4. The Morgan fingerprint density at radius 2 is 1.90 bits per heavy atom. The van der Waals surface area contributed by atoms with Gasteiger partial charge in [-0.15, -0.1) is 11.3 Å². The standard InChI is InChI=1S/C14H12Cl2O2S2/c1-8-3-4-10(5-9(8)2)20(18)7-12(17)11-6-13(15)19-14(11)16/h3-6H,7H2,1-2H3. The van der Waals surface area contributed by atoms with Gasteiger partial charge in [0.15, 0.2) is 5.78 Å². The van der Waals surface area contributed by atoms with Crippen molar-refractivity contribution >= 4 is 51.1 Å². The van der Waals surface area contributed by atoms with E-state index in [2.05, 4.69) is 0 Å². The Labute approximate surface area is 134 Å². The summed E-state index contributed by atoms with van der Waals surface area (Å²) in [4.78, 5) is 12.7. The molecule has 1 aromatic heterocycles. The average molecular weight is 347 g/mol. The largest absolute Gasteiger partial charge is 0.293 e. The first-order chi connectivity index (χ1) is 9.38. The van der Waals surface area contributed by atoms with E-state index in [-0.39, 0.29) is 11.5 Å². The van der Waals surface area contributed by atoms with Crippen LogP contribution in [0.5, 0.6) is 0 Å². The summed E-state index contributed by atoms with van der Waals surface area (Å²) in [5, 5.41) is 0. The van der Waals surface area contributed by atoms with Crippen LogP contribution in [0.25, 0.3) is 0 Å². The van der Waals surface area contributed by atoms with Crippen molar-refractivity contribution < 1.29 is 9.00 Å². The second-order valence-corrected chi connectivity index (χ2v) is 8.13. The van der Waals surface area contributed by atoms with Crippen LogP contribution in [-0.2, 0) is 10.8 Å². The molecule has 6 heteroatoms. The first-order valence-corrected chi connectivity index (χ1v) is 8.71. The van der Waals surface area contributed by atoms with Crippen molar-refractivity contribution in [2.24, 2.45) is 0 Å². The number of aryl methyl sites for hydroxylation is 2. The molecule has 2 aromatic rings. The molecule has 1 aromatic carbocycles. The second-order valence-electron chi connectivity index (χ2n) is 4.40. The molecule has 0 aliphatic heterocycles. The minimum atomic E-state index is -1.38. The Hall–Kier alpha value is -0.680. The monoisotopic (exact) mass is 346 g/mol. The molecule has 1 heterocycles. The highest BCUT2D eigenvalue weighted by Gasteiger charge is 2.18. The molecule has 1 atom stereocenters. The fourth-order valence-corrected chi connectivity index (χ4v) is 4.25. The summed E-state index contributed by atoms with van der Waals surface area (Å²) in [7, 11) is -1.38. The van der Waals surface area contributed by atoms with E-state index in [4.69, 9.17) is 23.2 Å². The lowest BCUT2D eigenvalue weighted by atomic mass is 10.1. The molecule has 0 saturated carbocycles. The van der Waals surface area contributed by atoms with Crippen LogP contribution in [0.2, 0.25) is 8.67 Å². The zero-order chi connectivity index (χ0) is 14.9. The summed E-state index contributed by atoms with van der Waals surface area (Å²) < 4.78 is 13.0. The van der Waals surface area contributed by atoms with Gasteiger partial charge in [0.1, 0.15) is 4.34 Å². The van der Waals surface area contributed by atoms with E-state index in [1.807, 2.05) is 26.0 Å². The topological polar surface area (TPSA) is 34.1 Å². The number of carbonyl (C=O) groups excluding carboxylic acids is 1. The van der Waals surface area contributed by atoms with Crippen molar-refractivity contribution in [3.8, 4) is 0 Å². The molecule has 0 fully saturated rings. The third-order valence-electron chi connectivity index (χ3n) is 2.96. The van der Waals surface area contributed by atoms with Crippen LogP contribution in [0.4, 0.5) is 0 Å². The number of halogens is 2. The Kier molecular flexibility index (Phi) is 5.02. The third kappa shape index (κ3) is 3.50. The maximum atomic E-state index is 12.2. The van der Waals surface area contributed by atoms with Gasteiger partial charge in [-0.3, -0.25) is 9.00 Å². The van der Waals surface area contributed by atoms with E-state index in [0.717, 1.165) is 22.5 Å². The quantitative estimate of drug-likeness (QED) is 0.754. The van der Waals surface area contributed by atoms with Crippen LogP contribution < -0.4 is 0 Å². The summed E-state index contributed by atoms with van der Waals surface area (Å²) >= 11 is 12.9. The van der Waals surface area contributed by atoms with Gasteiger partial charge in [-0.2, -0.15) is 0 Å². The predicted molar refractivity (Wildman–Crippen MR) is 85.9 cm³/mol. The molecule has 20 heavy (non-hydrogen) atoms. The van der Waals surface area contributed by atoms with Crippen LogP contribution in [0, 0.1) is 13.8 Å². The van der Waals surface area contributed by atoms with Gasteiger partial charge in [0.2, 0.25) is 0 Å². The van der Waals surface area contributed by atoms with Gasteiger partial charge in [-0.05, 0) is 43.2 Å². The van der Waals surface area contributed by atoms with Crippen LogP contribution in [0.3, 0.4) is 0 Å². The van der Waals surface area contributed by atoms with Gasteiger partial charge in [0.25, 0.3) is 0 Å². The van der Waals surface area contributed by atoms with Crippen molar-refractivity contribution in [2.75, 3.05) is 5.75 Å². The molecule has 0 spiro atoms. The third-order valence-corrected chi connectivity index (χ3v) is 5.75. The van der Waals surface area contributed by atoms with Crippen LogP contribution in [0.1, 0.15) is 21.5 Å². The first kappa shape index (κ1) is 15.7. The maximum absolute atomic E-state index is 12.2. The van der Waals surface area contributed by atoms with Gasteiger partial charge in [0, 0.05) is 10.5 Å². The van der Waals surface area contributed by atoms with Gasteiger partial charge < -0.3 is 0 Å². The minimum Gasteiger partial charge on any atom is -0.293 e. The van der Waals surface area contributed by atoms with Crippen molar-refractivity contribution in [1.82, 2.24) is 0 Å². The lowest BCUT2D eigenvalue weighted by Gasteiger charge is -2.05. The Morgan fingerprint density at radius 3 is 2.45 bits per heavy atom. The summed E-state index contributed by atoms with van der Waals surface area (Å²) in [5.41, 5.74) is 2.53. The number of Topliss-reactive ketones (excluding diaryl/α,β-unsaturated/α-hetero) is 1. The molecule has 0 radical (unpaired) electrons. The van der Waals surface area contributed by atoms with Crippen LogP contribution in [0.15, 0.2) is 29.2 Å². The molecule has 2 nitrogen and oxygen atoms in total. The van der Waals surface area contributed by atoms with Crippen molar-refractivity contribution in [1.29, 1.82) is 0 Å². The van der Waals surface area contributed by atoms with E-state index in [9.17, 15) is 9.00 Å². The van der Waals surface area contributed by atoms with Crippen molar-refractivity contribution in [3.05, 3.63) is 49.6 Å². The summed E-state index contributed by atoms with van der Waals surface area (Å²) in [6.45, 7) is 3.94. The fourth-order valence-electron chi connectivity index (χ4n) is 1.67. The molecule has 2 rings (SSSR count). The summed E-state index contributed by atoms with van der Waals surface area (Å²) in [6, 6.07) is 7.06. The number of ketones is 1. The molecule has 0 N–H and O–H groups in total. The van der Waals surface area contributed by atoms with E-state index in [1.54, 1.807) is 6.07 Å². The lowest BCUT2D eigenvalue weighted by Crippen LogP contribution is -2.11. The van der Waals surface area contributed by atoms with Gasteiger partial charge >= 0.3 is 0 Å². The minimum absolute atomic E-state index is 0.0880. The molecule has 0 bridgehead atoms. The highest BCUT2D eigenvalue weighted by atomic mass is 35.5. The van der Waals surface area contributed by atoms with Crippen molar-refractivity contribution in [2.45, 2.75) is 18.7 Å². The average Bonchev–Trinajstić information content (AvgIpc) is 2.71. The number of benzene rings is 1. The molecule has 0 aliphatic rings. The fraction of sp³-hybridized carbons (Fsp3) is 0.214. The second kappa shape index (κ2) is 6.39. The Bertz CT molecular complexity index is 692. The molecule has 106 valence electrons. The highest BCUT2D eigenvalue weighted by molar-refractivity contribution is 7.85. The molecular weight excluding hydrogens is 335 g/mol. The van der Waals surface area contributed by atoms with Crippen LogP contribution in [-0.4, -0.2) is 15.7 Å². The van der Waals surface area contributed by atoms with Gasteiger partial charge in [-0.1, -0.05) is 29.3 Å². The number of hydrogen-bond donors (Lipinski definition) is 0. The Morgan fingerprint density at radius 1 is 1.20 bits per heavy atom. The van der Waals surface area contributed by atoms with E-state index >= 15 is 0 Å². The maximum Gasteiger partial charge on any atom is 0.178 e. The van der Waals surface area contributed by atoms with Crippen molar-refractivity contribution in [3.63, 3.8) is 0 Å². The van der Waals surface area contributed by atoms with E-state index < -0.39 is 10.8 Å². The molecule has 0 amide bonds. The number of rotatable bonds is 4. The summed E-state index contributed by atoms with van der Waals surface area (Å²) in [5.74, 6) is -0.343. The van der Waals surface area contributed by atoms with Gasteiger partial charge in [-0.25, -0.2) is 0 Å². The highest BCUT2D eigenvalue weighted by Crippen LogP contribution is 2.31. The van der Waals surface area contributed by atoms with E-state index in [0.29, 0.717) is 19.1 Å². The zero-order valence-corrected chi connectivity index (χ0v) is 14.1. The number of hydrogen-bond acceptors (Lipinski definition) is 3. The molecule has 0 saturated heterocycles. The van der Waals surface area contributed by atoms with Crippen LogP contribution >= 0.6 is 34.5 Å². The van der Waals surface area contributed by atoms with Gasteiger partial charge in [0.05, 0.1) is 20.9 Å². The predicted octanol–water partition coefficient (Wildman–Crippen LogP) is 4.66. The molecule has 1 unspecified atom stereocenters. The number of carbonyl (C=O) groups is 1. The summed E-state index contributed by atoms with van der Waals surface area (Å²) in [6.07, 6.45) is 0. The number of thiophene rings is 1. The van der Waals surface area contributed by atoms with E-state index in [1.165, 1.54) is 6.07 Å². The Balaban J connectivity index is 2.17. The SMILES string of the molecule is Cc1ccc(S(=O)CC(=O)c2cc(Cl)sc2Cl)cc1C. The lowest BCUT2D eigenvalue weighted by molar-refractivity contribution is 0.102. The molecule has 0 aliphatic carbocycles. The smallest absolute Gasteiger partial charge is 0.178 e.